The van der Waals surface area contributed by atoms with Gasteiger partial charge in [0, 0.05) is 34.0 Å². The number of nitrogens with one attached hydrogen (secondary N) is 1. The predicted octanol–water partition coefficient (Wildman–Crippen LogP) is 6.01. The van der Waals surface area contributed by atoms with Crippen LogP contribution < -0.4 is 24.9 Å². The maximum atomic E-state index is 14.2. The van der Waals surface area contributed by atoms with Gasteiger partial charge in [0.1, 0.15) is 5.75 Å². The average Bonchev–Trinajstić information content (AvgIpc) is 3.53. The van der Waals surface area contributed by atoms with Gasteiger partial charge >= 0.3 is 0 Å². The van der Waals surface area contributed by atoms with Gasteiger partial charge in [-0.25, -0.2) is 4.99 Å². The molecule has 1 aliphatic rings. The van der Waals surface area contributed by atoms with E-state index in [1.165, 1.54) is 22.2 Å². The van der Waals surface area contributed by atoms with E-state index in [1.807, 2.05) is 67.6 Å². The zero-order chi connectivity index (χ0) is 30.4. The van der Waals surface area contributed by atoms with Crippen molar-refractivity contribution in [2.75, 3.05) is 12.4 Å². The Morgan fingerprint density at radius 3 is 2.43 bits per heavy atom. The minimum atomic E-state index is -0.659. The molecule has 7 nitrogen and oxygen atoms in total. The summed E-state index contributed by atoms with van der Waals surface area (Å²) < 4.78 is 9.88. The van der Waals surface area contributed by atoms with Crippen LogP contribution in [0.2, 0.25) is 0 Å². The second-order valence-electron chi connectivity index (χ2n) is 10.7. The second kappa shape index (κ2) is 11.1. The van der Waals surface area contributed by atoms with Crippen LogP contribution in [-0.2, 0) is 11.3 Å². The van der Waals surface area contributed by atoms with Gasteiger partial charge in [0.15, 0.2) is 4.80 Å². The Hall–Kier alpha value is -5.21. The number of nitrogens with zero attached hydrogens (tertiary/aromatic N) is 3. The van der Waals surface area contributed by atoms with E-state index in [-0.39, 0.29) is 11.5 Å². The number of hydrogen-bond acceptors (Lipinski definition) is 5. The van der Waals surface area contributed by atoms with Crippen molar-refractivity contribution in [1.82, 2.24) is 9.13 Å². The molecule has 0 radical (unpaired) electrons. The molecule has 1 amide bonds. The molecule has 4 aromatic carbocycles. The van der Waals surface area contributed by atoms with Gasteiger partial charge in [0.2, 0.25) is 0 Å². The van der Waals surface area contributed by atoms with Crippen LogP contribution in [0.1, 0.15) is 31.0 Å². The molecule has 2 aromatic heterocycles. The quantitative estimate of drug-likeness (QED) is 0.255. The smallest absolute Gasteiger partial charge is 0.271 e. The molecule has 0 bridgehead atoms. The summed E-state index contributed by atoms with van der Waals surface area (Å²) >= 11 is 1.34. The molecular weight excluding hydrogens is 568 g/mol. The number of carbonyl (C=O) groups is 1. The van der Waals surface area contributed by atoms with Crippen molar-refractivity contribution in [1.29, 1.82) is 0 Å². The molecule has 7 rings (SSSR count). The zero-order valence-electron chi connectivity index (χ0n) is 24.6. The number of rotatable bonds is 6. The number of fused-ring (bicyclic) bond motifs is 4. The number of hydrogen-bond donors (Lipinski definition) is 1. The first kappa shape index (κ1) is 27.6. The van der Waals surface area contributed by atoms with Crippen LogP contribution in [-0.4, -0.2) is 22.2 Å². The number of amides is 1. The van der Waals surface area contributed by atoms with E-state index in [4.69, 9.17) is 9.73 Å². The van der Waals surface area contributed by atoms with Gasteiger partial charge in [0.25, 0.3) is 11.5 Å². The molecule has 1 N–H and O–H groups in total. The lowest BCUT2D eigenvalue weighted by molar-refractivity contribution is -0.113. The number of thiazole rings is 1. The van der Waals surface area contributed by atoms with E-state index in [2.05, 4.69) is 59.3 Å². The number of carbonyl (C=O) groups excluding carboxylic acids is 1. The average molecular weight is 599 g/mol. The Morgan fingerprint density at radius 2 is 1.68 bits per heavy atom. The molecule has 3 heterocycles. The highest BCUT2D eigenvalue weighted by Crippen LogP contribution is 2.32. The number of anilines is 1. The number of methoxy groups -OCH3 is 1. The summed E-state index contributed by atoms with van der Waals surface area (Å²) in [5.74, 6) is 0.391. The van der Waals surface area contributed by atoms with E-state index < -0.39 is 6.04 Å². The molecule has 0 aliphatic carbocycles. The van der Waals surface area contributed by atoms with E-state index in [1.54, 1.807) is 11.7 Å². The fourth-order valence-corrected chi connectivity index (χ4v) is 7.13. The Labute approximate surface area is 257 Å². The van der Waals surface area contributed by atoms with Crippen molar-refractivity contribution < 1.29 is 9.53 Å². The molecule has 0 unspecified atom stereocenters. The summed E-state index contributed by atoms with van der Waals surface area (Å²) in [5.41, 5.74) is 5.55. The maximum absolute atomic E-state index is 14.2. The summed E-state index contributed by atoms with van der Waals surface area (Å²) in [7, 11) is 1.61. The molecule has 8 heteroatoms. The van der Waals surface area contributed by atoms with Gasteiger partial charge < -0.3 is 14.6 Å². The van der Waals surface area contributed by atoms with Crippen molar-refractivity contribution in [3.05, 3.63) is 139 Å². The number of benzene rings is 4. The molecule has 6 aromatic rings. The summed E-state index contributed by atoms with van der Waals surface area (Å²) in [6.45, 7) is 4.84. The van der Waals surface area contributed by atoms with Crippen LogP contribution >= 0.6 is 11.3 Å². The van der Waals surface area contributed by atoms with E-state index in [0.29, 0.717) is 32.0 Å². The third-order valence-electron chi connectivity index (χ3n) is 8.14. The van der Waals surface area contributed by atoms with E-state index in [0.717, 1.165) is 28.6 Å². The summed E-state index contributed by atoms with van der Waals surface area (Å²) in [5, 5.41) is 5.33. The lowest BCUT2D eigenvalue weighted by Gasteiger charge is -2.25. The minimum absolute atomic E-state index is 0.192. The van der Waals surface area contributed by atoms with Gasteiger partial charge in [-0.3, -0.25) is 14.2 Å². The largest absolute Gasteiger partial charge is 0.497 e. The SMILES string of the molecule is CCn1c2ccccc2c2cc(/C=c3/sc4n(c3=O)[C@H](c3ccc(OC)cc3)C(C(=O)Nc3ccccc3)=C(C)N=4)ccc21. The fourth-order valence-electron chi connectivity index (χ4n) is 6.09. The van der Waals surface area contributed by atoms with Crippen LogP contribution in [0.5, 0.6) is 5.75 Å². The molecule has 0 saturated heterocycles. The minimum Gasteiger partial charge on any atom is -0.497 e. The normalized spacial score (nSPS) is 15.0. The Balaban J connectivity index is 1.38. The third kappa shape index (κ3) is 4.64. The monoisotopic (exact) mass is 598 g/mol. The predicted molar refractivity (Wildman–Crippen MR) is 177 cm³/mol. The van der Waals surface area contributed by atoms with Gasteiger partial charge in [-0.1, -0.05) is 65.9 Å². The van der Waals surface area contributed by atoms with Gasteiger partial charge in [-0.05, 0) is 73.5 Å². The van der Waals surface area contributed by atoms with Gasteiger partial charge in [-0.2, -0.15) is 0 Å². The molecule has 1 atom stereocenters. The van der Waals surface area contributed by atoms with Crippen molar-refractivity contribution in [2.45, 2.75) is 26.4 Å². The molecule has 0 fully saturated rings. The van der Waals surface area contributed by atoms with Crippen LogP contribution in [0.25, 0.3) is 27.9 Å². The first-order chi connectivity index (χ1) is 21.5. The Morgan fingerprint density at radius 1 is 0.955 bits per heavy atom. The van der Waals surface area contributed by atoms with E-state index in [9.17, 15) is 9.59 Å². The number of ether oxygens (including phenoxy) is 1. The summed E-state index contributed by atoms with van der Waals surface area (Å²) in [6.07, 6.45) is 1.93. The number of aromatic nitrogens is 2. The van der Waals surface area contributed by atoms with Crippen molar-refractivity contribution >= 4 is 50.8 Å². The first-order valence-electron chi connectivity index (χ1n) is 14.5. The van der Waals surface area contributed by atoms with Gasteiger partial charge in [-0.15, -0.1) is 0 Å². The molecule has 44 heavy (non-hydrogen) atoms. The molecule has 1 aliphatic heterocycles. The van der Waals surface area contributed by atoms with Crippen LogP contribution in [0.15, 0.2) is 118 Å². The fraction of sp³-hybridized carbons (Fsp3) is 0.139. The molecule has 218 valence electrons. The number of allylic oxidation sites excluding steroid dienone is 1. The van der Waals surface area contributed by atoms with Crippen LogP contribution in [0, 0.1) is 0 Å². The lowest BCUT2D eigenvalue weighted by Crippen LogP contribution is -2.40. The van der Waals surface area contributed by atoms with Crippen molar-refractivity contribution in [2.24, 2.45) is 4.99 Å². The van der Waals surface area contributed by atoms with Crippen molar-refractivity contribution in [3.8, 4) is 5.75 Å². The second-order valence-corrected chi connectivity index (χ2v) is 11.7. The number of para-hydroxylation sites is 2. The molecule has 0 spiro atoms. The Bertz CT molecular complexity index is 2280. The van der Waals surface area contributed by atoms with Crippen molar-refractivity contribution in [3.63, 3.8) is 0 Å². The summed E-state index contributed by atoms with van der Waals surface area (Å²) in [4.78, 5) is 33.3. The Kier molecular flexibility index (Phi) is 6.98. The zero-order valence-corrected chi connectivity index (χ0v) is 25.4. The van der Waals surface area contributed by atoms with Gasteiger partial charge in [0.05, 0.1) is 29.0 Å². The summed E-state index contributed by atoms with van der Waals surface area (Å²) in [6, 6.07) is 30.8. The topological polar surface area (TPSA) is 77.6 Å². The van der Waals surface area contributed by atoms with Crippen LogP contribution in [0.4, 0.5) is 5.69 Å². The highest BCUT2D eigenvalue weighted by atomic mass is 32.1. The first-order valence-corrected chi connectivity index (χ1v) is 15.3. The third-order valence-corrected chi connectivity index (χ3v) is 9.12. The van der Waals surface area contributed by atoms with Crippen LogP contribution in [0.3, 0.4) is 0 Å². The molecular formula is C36H30N4O3S. The number of aryl methyl sites for hydroxylation is 1. The lowest BCUT2D eigenvalue weighted by atomic mass is 9.95. The highest BCUT2D eigenvalue weighted by Gasteiger charge is 2.32. The van der Waals surface area contributed by atoms with E-state index >= 15 is 0 Å². The molecule has 0 saturated carbocycles. The maximum Gasteiger partial charge on any atom is 0.271 e. The highest BCUT2D eigenvalue weighted by molar-refractivity contribution is 7.07. The standard InChI is InChI=1S/C36H30N4O3S/c1-4-39-29-13-9-8-12-27(29)28-20-23(14-19-30(28)39)21-31-35(42)40-33(24-15-17-26(43-3)18-16-24)32(22(2)37-36(40)44-31)34(41)38-25-10-6-5-7-11-25/h5-21,33H,4H2,1-3H3,(H,38,41)/b31-21+/t33-/m1/s1.